The second-order valence-electron chi connectivity index (χ2n) is 6.59. The maximum Gasteiger partial charge on any atom is 0.224 e. The average Bonchev–Trinajstić information content (AvgIpc) is 2.96. The smallest absolute Gasteiger partial charge is 0.224 e. The lowest BCUT2D eigenvalue weighted by atomic mass is 9.91. The largest absolute Gasteiger partial charge is 0.316 e. The number of carbonyl (C=O) groups is 1. The van der Waals surface area contributed by atoms with Gasteiger partial charge >= 0.3 is 0 Å². The first-order valence-corrected chi connectivity index (χ1v) is 7.88. The number of amides is 1. The summed E-state index contributed by atoms with van der Waals surface area (Å²) >= 11 is 0. The first kappa shape index (κ1) is 12.4. The summed E-state index contributed by atoms with van der Waals surface area (Å²) in [7, 11) is 0. The van der Waals surface area contributed by atoms with Crippen LogP contribution < -0.4 is 5.32 Å². The Morgan fingerprint density at radius 1 is 1.20 bits per heavy atom. The molecule has 3 heteroatoms. The fourth-order valence-corrected chi connectivity index (χ4v) is 4.44. The number of carbonyl (C=O) groups excluding carboxylic acids is 1. The topological polar surface area (TPSA) is 32.3 Å². The number of hydrogen-bond acceptors (Lipinski definition) is 2. The molecule has 106 valence electrons. The highest BCUT2D eigenvalue weighted by molar-refractivity contribution is 5.81. The molecule has 3 aliphatic rings. The summed E-state index contributed by atoms with van der Waals surface area (Å²) in [5.74, 6) is 0.340. The van der Waals surface area contributed by atoms with E-state index >= 15 is 0 Å². The monoisotopic (exact) mass is 270 g/mol. The van der Waals surface area contributed by atoms with Gasteiger partial charge in [-0.25, -0.2) is 0 Å². The van der Waals surface area contributed by atoms with Crippen LogP contribution in [-0.4, -0.2) is 22.9 Å². The molecule has 4 rings (SSSR count). The molecule has 1 aromatic carbocycles. The molecule has 3 atom stereocenters. The van der Waals surface area contributed by atoms with Crippen molar-refractivity contribution in [2.75, 3.05) is 0 Å². The van der Waals surface area contributed by atoms with Crippen LogP contribution in [0.25, 0.3) is 0 Å². The number of nitrogens with zero attached hydrogens (tertiary/aromatic N) is 1. The van der Waals surface area contributed by atoms with Gasteiger partial charge in [-0.1, -0.05) is 42.7 Å². The Hall–Kier alpha value is -1.35. The highest BCUT2D eigenvalue weighted by Crippen LogP contribution is 2.47. The van der Waals surface area contributed by atoms with Crippen LogP contribution in [-0.2, 0) is 10.5 Å². The van der Waals surface area contributed by atoms with E-state index in [9.17, 15) is 4.79 Å². The van der Waals surface area contributed by atoms with Gasteiger partial charge in [0, 0.05) is 18.5 Å². The number of benzene rings is 1. The van der Waals surface area contributed by atoms with Crippen LogP contribution in [0.4, 0.5) is 0 Å². The van der Waals surface area contributed by atoms with Gasteiger partial charge in [0.25, 0.3) is 0 Å². The molecule has 2 saturated heterocycles. The summed E-state index contributed by atoms with van der Waals surface area (Å²) in [5.41, 5.74) is 2.32. The summed E-state index contributed by atoms with van der Waals surface area (Å²) in [6, 6.07) is 9.63. The predicted molar refractivity (Wildman–Crippen MR) is 78.1 cm³/mol. The van der Waals surface area contributed by atoms with Gasteiger partial charge in [0.2, 0.25) is 5.91 Å². The molecule has 0 bridgehead atoms. The lowest BCUT2D eigenvalue weighted by Crippen LogP contribution is -2.47. The zero-order valence-corrected chi connectivity index (χ0v) is 12.1. The van der Waals surface area contributed by atoms with Crippen molar-refractivity contribution in [3.8, 4) is 0 Å². The quantitative estimate of drug-likeness (QED) is 0.851. The minimum absolute atomic E-state index is 0.218. The van der Waals surface area contributed by atoms with Crippen molar-refractivity contribution in [2.24, 2.45) is 0 Å². The van der Waals surface area contributed by atoms with Crippen LogP contribution in [0.15, 0.2) is 24.3 Å². The van der Waals surface area contributed by atoms with Gasteiger partial charge in [0.05, 0.1) is 0 Å². The standard InChI is InChI=1S/C17H22N2O/c1-12-6-8-13(9-7-12)17-11-10-16(20)19(17)15-5-3-2-4-14(15)18-17/h6-9,14-15,18H,2-5,10-11H2,1H3/t14-,15-,17-/m0/s1. The maximum absolute atomic E-state index is 12.4. The number of aryl methyl sites for hydroxylation is 1. The molecule has 0 radical (unpaired) electrons. The number of nitrogens with one attached hydrogen (secondary N) is 1. The van der Waals surface area contributed by atoms with E-state index in [0.717, 1.165) is 12.8 Å². The van der Waals surface area contributed by atoms with Crippen molar-refractivity contribution in [3.63, 3.8) is 0 Å². The third kappa shape index (κ3) is 1.59. The SMILES string of the molecule is Cc1ccc([C@]23CCC(=O)N2[C@H]2CCCC[C@@H]2N3)cc1. The zero-order chi connectivity index (χ0) is 13.7. The fraction of sp³-hybridized carbons (Fsp3) is 0.588. The summed E-state index contributed by atoms with van der Waals surface area (Å²) in [6.45, 7) is 2.11. The highest BCUT2D eigenvalue weighted by Gasteiger charge is 2.57. The van der Waals surface area contributed by atoms with Crippen LogP contribution in [0.5, 0.6) is 0 Å². The van der Waals surface area contributed by atoms with Crippen LogP contribution in [0.1, 0.15) is 49.7 Å². The molecular weight excluding hydrogens is 248 g/mol. The van der Waals surface area contributed by atoms with Gasteiger partial charge < -0.3 is 4.90 Å². The molecule has 0 aromatic heterocycles. The van der Waals surface area contributed by atoms with E-state index in [0.29, 0.717) is 24.4 Å². The van der Waals surface area contributed by atoms with Gasteiger partial charge in [0.15, 0.2) is 0 Å². The van der Waals surface area contributed by atoms with E-state index in [4.69, 9.17) is 0 Å². The van der Waals surface area contributed by atoms with Gasteiger partial charge in [0.1, 0.15) is 5.66 Å². The van der Waals surface area contributed by atoms with Crippen LogP contribution in [0.3, 0.4) is 0 Å². The minimum Gasteiger partial charge on any atom is -0.316 e. The zero-order valence-electron chi connectivity index (χ0n) is 12.1. The molecule has 0 unspecified atom stereocenters. The van der Waals surface area contributed by atoms with Gasteiger partial charge in [-0.3, -0.25) is 10.1 Å². The molecule has 2 heterocycles. The molecule has 2 aliphatic heterocycles. The summed E-state index contributed by atoms with van der Waals surface area (Å²) < 4.78 is 0. The Morgan fingerprint density at radius 3 is 2.75 bits per heavy atom. The Bertz CT molecular complexity index is 538. The van der Waals surface area contributed by atoms with Crippen molar-refractivity contribution in [3.05, 3.63) is 35.4 Å². The summed E-state index contributed by atoms with van der Waals surface area (Å²) in [6.07, 6.45) is 6.53. The van der Waals surface area contributed by atoms with E-state index < -0.39 is 0 Å². The Balaban J connectivity index is 1.78. The average molecular weight is 270 g/mol. The van der Waals surface area contributed by atoms with Gasteiger partial charge in [-0.05, 0) is 31.7 Å². The lowest BCUT2D eigenvalue weighted by molar-refractivity contribution is -0.132. The van der Waals surface area contributed by atoms with E-state index in [1.807, 2.05) is 0 Å². The number of rotatable bonds is 1. The molecule has 1 aliphatic carbocycles. The van der Waals surface area contributed by atoms with E-state index in [1.165, 1.54) is 30.4 Å². The normalized spacial score (nSPS) is 36.0. The molecule has 3 nitrogen and oxygen atoms in total. The van der Waals surface area contributed by atoms with E-state index in [1.54, 1.807) is 0 Å². The third-order valence-corrected chi connectivity index (χ3v) is 5.40. The molecule has 0 spiro atoms. The molecule has 1 amide bonds. The number of fused-ring (bicyclic) bond motifs is 3. The number of hydrogen-bond donors (Lipinski definition) is 1. The van der Waals surface area contributed by atoms with Gasteiger partial charge in [-0.15, -0.1) is 0 Å². The first-order valence-electron chi connectivity index (χ1n) is 7.88. The second kappa shape index (κ2) is 4.32. The predicted octanol–water partition coefficient (Wildman–Crippen LogP) is 2.68. The van der Waals surface area contributed by atoms with Crippen molar-refractivity contribution < 1.29 is 4.79 Å². The highest BCUT2D eigenvalue weighted by atomic mass is 16.2. The van der Waals surface area contributed by atoms with E-state index in [-0.39, 0.29) is 5.66 Å². The van der Waals surface area contributed by atoms with Crippen LogP contribution >= 0.6 is 0 Å². The molecule has 1 saturated carbocycles. The molecule has 20 heavy (non-hydrogen) atoms. The van der Waals surface area contributed by atoms with Crippen molar-refractivity contribution in [2.45, 2.75) is 63.2 Å². The molecule has 1 aromatic rings. The van der Waals surface area contributed by atoms with Crippen LogP contribution in [0, 0.1) is 6.92 Å². The molecule has 3 fully saturated rings. The summed E-state index contributed by atoms with van der Waals surface area (Å²) in [4.78, 5) is 14.6. The maximum atomic E-state index is 12.4. The Morgan fingerprint density at radius 2 is 1.95 bits per heavy atom. The van der Waals surface area contributed by atoms with Crippen molar-refractivity contribution in [1.29, 1.82) is 0 Å². The van der Waals surface area contributed by atoms with Crippen molar-refractivity contribution in [1.82, 2.24) is 10.2 Å². The van der Waals surface area contributed by atoms with Crippen molar-refractivity contribution >= 4 is 5.91 Å². The Kier molecular flexibility index (Phi) is 2.68. The first-order chi connectivity index (χ1) is 9.71. The minimum atomic E-state index is -0.218. The molecule has 1 N–H and O–H groups in total. The molecular formula is C17H22N2O. The Labute approximate surface area is 120 Å². The lowest BCUT2D eigenvalue weighted by Gasteiger charge is -2.35. The fourth-order valence-electron chi connectivity index (χ4n) is 4.44. The third-order valence-electron chi connectivity index (χ3n) is 5.40. The summed E-state index contributed by atoms with van der Waals surface area (Å²) in [5, 5.41) is 3.84. The van der Waals surface area contributed by atoms with Crippen LogP contribution in [0.2, 0.25) is 0 Å². The van der Waals surface area contributed by atoms with Gasteiger partial charge in [-0.2, -0.15) is 0 Å². The van der Waals surface area contributed by atoms with E-state index in [2.05, 4.69) is 41.4 Å². The second-order valence-corrected chi connectivity index (χ2v) is 6.59.